The first-order chi connectivity index (χ1) is 15.9. The van der Waals surface area contributed by atoms with E-state index >= 15 is 0 Å². The third-order valence-electron chi connectivity index (χ3n) is 5.88. The van der Waals surface area contributed by atoms with Crippen molar-refractivity contribution in [1.82, 2.24) is 24.8 Å². The molecular formula is C25H31N5O3. The average molecular weight is 450 g/mol. The molecule has 0 aliphatic carbocycles. The fourth-order valence-corrected chi connectivity index (χ4v) is 4.27. The molecule has 174 valence electrons. The van der Waals surface area contributed by atoms with Crippen molar-refractivity contribution < 1.29 is 9.59 Å². The van der Waals surface area contributed by atoms with Crippen LogP contribution in [0.3, 0.4) is 0 Å². The van der Waals surface area contributed by atoms with Gasteiger partial charge in [-0.25, -0.2) is 4.98 Å². The monoisotopic (exact) mass is 449 g/mol. The minimum atomic E-state index is -0.522. The van der Waals surface area contributed by atoms with Crippen LogP contribution in [-0.2, 0) is 13.1 Å². The summed E-state index contributed by atoms with van der Waals surface area (Å²) < 4.78 is 1.78. The second-order valence-corrected chi connectivity index (χ2v) is 9.10. The first kappa shape index (κ1) is 22.8. The third kappa shape index (κ3) is 5.32. The molecule has 0 radical (unpaired) electrons. The topological polar surface area (TPSA) is 100 Å². The van der Waals surface area contributed by atoms with E-state index in [0.29, 0.717) is 31.4 Å². The van der Waals surface area contributed by atoms with Crippen LogP contribution in [0, 0.1) is 5.92 Å². The number of rotatable bonds is 6. The summed E-state index contributed by atoms with van der Waals surface area (Å²) in [5, 5.41) is 2.78. The van der Waals surface area contributed by atoms with Crippen LogP contribution >= 0.6 is 0 Å². The Balaban J connectivity index is 1.59. The Bertz CT molecular complexity index is 1170. The molecule has 2 amide bonds. The van der Waals surface area contributed by atoms with E-state index in [1.54, 1.807) is 21.9 Å². The summed E-state index contributed by atoms with van der Waals surface area (Å²) >= 11 is 0. The normalized spacial score (nSPS) is 14.5. The van der Waals surface area contributed by atoms with Crippen LogP contribution in [0.15, 0.2) is 41.5 Å². The first-order valence-corrected chi connectivity index (χ1v) is 11.7. The summed E-state index contributed by atoms with van der Waals surface area (Å²) in [5.74, 6) is 0.0961. The molecule has 0 bridgehead atoms. The molecule has 1 aromatic carbocycles. The number of pyridine rings is 1. The summed E-state index contributed by atoms with van der Waals surface area (Å²) in [6, 6.07) is 7.61. The molecule has 33 heavy (non-hydrogen) atoms. The SMILES string of the molecule is CC(C)Cn1cc(C(=O)NCc2nc3ccccc3[nH]2)c(=O)c(C(=O)N2CCCCCC2)c1. The zero-order chi connectivity index (χ0) is 23.4. The lowest BCUT2D eigenvalue weighted by Gasteiger charge is -2.21. The molecule has 0 saturated carbocycles. The molecule has 8 heteroatoms. The van der Waals surface area contributed by atoms with E-state index in [-0.39, 0.29) is 23.6 Å². The summed E-state index contributed by atoms with van der Waals surface area (Å²) in [6.45, 7) is 6.15. The fraction of sp³-hybridized carbons (Fsp3) is 0.440. The number of benzene rings is 1. The second kappa shape index (κ2) is 10.0. The van der Waals surface area contributed by atoms with E-state index < -0.39 is 11.3 Å². The van der Waals surface area contributed by atoms with Gasteiger partial charge in [0, 0.05) is 32.0 Å². The van der Waals surface area contributed by atoms with Crippen LogP contribution in [0.1, 0.15) is 66.1 Å². The van der Waals surface area contributed by atoms with Crippen molar-refractivity contribution in [2.75, 3.05) is 13.1 Å². The Hall–Kier alpha value is -3.42. The number of amides is 2. The molecule has 0 unspecified atom stereocenters. The zero-order valence-electron chi connectivity index (χ0n) is 19.3. The maximum absolute atomic E-state index is 13.2. The van der Waals surface area contributed by atoms with E-state index in [1.807, 2.05) is 24.3 Å². The number of aromatic amines is 1. The lowest BCUT2D eigenvalue weighted by Crippen LogP contribution is -2.38. The highest BCUT2D eigenvalue weighted by molar-refractivity contribution is 5.99. The molecule has 1 saturated heterocycles. The summed E-state index contributed by atoms with van der Waals surface area (Å²) in [5.41, 5.74) is 1.21. The van der Waals surface area contributed by atoms with Crippen molar-refractivity contribution in [3.05, 3.63) is 63.8 Å². The number of likely N-dealkylation sites (tertiary alicyclic amines) is 1. The van der Waals surface area contributed by atoms with Gasteiger partial charge in [-0.2, -0.15) is 0 Å². The molecule has 8 nitrogen and oxygen atoms in total. The number of carbonyl (C=O) groups is 2. The zero-order valence-corrected chi connectivity index (χ0v) is 19.3. The van der Waals surface area contributed by atoms with Crippen molar-refractivity contribution in [2.24, 2.45) is 5.92 Å². The number of para-hydroxylation sites is 2. The van der Waals surface area contributed by atoms with Crippen LogP contribution in [0.2, 0.25) is 0 Å². The molecule has 0 spiro atoms. The predicted molar refractivity (Wildman–Crippen MR) is 127 cm³/mol. The Morgan fingerprint density at radius 1 is 1.06 bits per heavy atom. The van der Waals surface area contributed by atoms with Gasteiger partial charge in [0.25, 0.3) is 11.8 Å². The van der Waals surface area contributed by atoms with Crippen molar-refractivity contribution in [3.8, 4) is 0 Å². The third-order valence-corrected chi connectivity index (χ3v) is 5.88. The Morgan fingerprint density at radius 3 is 2.45 bits per heavy atom. The van der Waals surface area contributed by atoms with Crippen molar-refractivity contribution in [2.45, 2.75) is 52.6 Å². The standard InChI is InChI=1S/C25H31N5O3/c1-17(2)14-29-15-18(23(31)19(16-29)25(33)30-11-7-3-4-8-12-30)24(32)26-13-22-27-20-9-5-6-10-21(20)28-22/h5-6,9-10,15-17H,3-4,7-8,11-14H2,1-2H3,(H,26,32)(H,27,28). The quantitative estimate of drug-likeness (QED) is 0.603. The van der Waals surface area contributed by atoms with Gasteiger partial charge in [-0.15, -0.1) is 0 Å². The van der Waals surface area contributed by atoms with Crippen LogP contribution in [0.5, 0.6) is 0 Å². The summed E-state index contributed by atoms with van der Waals surface area (Å²) in [6.07, 6.45) is 7.20. The number of H-pyrrole nitrogens is 1. The van der Waals surface area contributed by atoms with E-state index in [2.05, 4.69) is 29.1 Å². The molecule has 0 atom stereocenters. The van der Waals surface area contributed by atoms with Crippen molar-refractivity contribution in [3.63, 3.8) is 0 Å². The molecule has 1 aliphatic rings. The van der Waals surface area contributed by atoms with E-state index in [1.165, 1.54) is 0 Å². The Kier molecular flexibility index (Phi) is 6.91. The summed E-state index contributed by atoms with van der Waals surface area (Å²) in [4.78, 5) is 48.8. The van der Waals surface area contributed by atoms with Gasteiger partial charge in [0.1, 0.15) is 17.0 Å². The van der Waals surface area contributed by atoms with E-state index in [9.17, 15) is 14.4 Å². The molecule has 1 fully saturated rings. The predicted octanol–water partition coefficient (Wildman–Crippen LogP) is 3.33. The van der Waals surface area contributed by atoms with Crippen molar-refractivity contribution in [1.29, 1.82) is 0 Å². The molecule has 4 rings (SSSR count). The molecular weight excluding hydrogens is 418 g/mol. The lowest BCUT2D eigenvalue weighted by atomic mass is 10.1. The molecule has 1 aliphatic heterocycles. The Morgan fingerprint density at radius 2 is 1.76 bits per heavy atom. The van der Waals surface area contributed by atoms with Gasteiger partial charge in [-0.1, -0.05) is 38.8 Å². The van der Waals surface area contributed by atoms with Crippen LogP contribution in [0.4, 0.5) is 0 Å². The van der Waals surface area contributed by atoms with Gasteiger partial charge in [-0.05, 0) is 30.9 Å². The number of nitrogens with zero attached hydrogens (tertiary/aromatic N) is 3. The highest BCUT2D eigenvalue weighted by Crippen LogP contribution is 2.14. The smallest absolute Gasteiger partial charge is 0.259 e. The summed E-state index contributed by atoms with van der Waals surface area (Å²) in [7, 11) is 0. The van der Waals surface area contributed by atoms with Crippen LogP contribution in [0.25, 0.3) is 11.0 Å². The molecule has 2 N–H and O–H groups in total. The fourth-order valence-electron chi connectivity index (χ4n) is 4.27. The number of hydrogen-bond donors (Lipinski definition) is 2. The largest absolute Gasteiger partial charge is 0.352 e. The maximum Gasteiger partial charge on any atom is 0.259 e. The van der Waals surface area contributed by atoms with Gasteiger partial charge in [0.05, 0.1) is 17.6 Å². The lowest BCUT2D eigenvalue weighted by molar-refractivity contribution is 0.0759. The van der Waals surface area contributed by atoms with Crippen molar-refractivity contribution >= 4 is 22.8 Å². The highest BCUT2D eigenvalue weighted by atomic mass is 16.2. The molecule has 3 aromatic rings. The van der Waals surface area contributed by atoms with Gasteiger partial charge >= 0.3 is 0 Å². The molecule has 3 heterocycles. The van der Waals surface area contributed by atoms with Gasteiger partial charge in [0.2, 0.25) is 5.43 Å². The van der Waals surface area contributed by atoms with Crippen LogP contribution in [-0.4, -0.2) is 44.3 Å². The number of fused-ring (bicyclic) bond motifs is 1. The second-order valence-electron chi connectivity index (χ2n) is 9.10. The number of hydrogen-bond acceptors (Lipinski definition) is 4. The minimum absolute atomic E-state index is 0.0209. The molecule has 2 aromatic heterocycles. The number of imidazole rings is 1. The van der Waals surface area contributed by atoms with E-state index in [4.69, 9.17) is 0 Å². The number of aromatic nitrogens is 3. The van der Waals surface area contributed by atoms with Gasteiger partial charge in [-0.3, -0.25) is 14.4 Å². The van der Waals surface area contributed by atoms with Gasteiger partial charge < -0.3 is 19.8 Å². The number of nitrogens with one attached hydrogen (secondary N) is 2. The Labute approximate surface area is 193 Å². The van der Waals surface area contributed by atoms with Crippen LogP contribution < -0.4 is 10.7 Å². The first-order valence-electron chi connectivity index (χ1n) is 11.7. The van der Waals surface area contributed by atoms with Gasteiger partial charge in [0.15, 0.2) is 0 Å². The minimum Gasteiger partial charge on any atom is -0.352 e. The average Bonchev–Trinajstić information content (AvgIpc) is 3.01. The maximum atomic E-state index is 13.2. The highest BCUT2D eigenvalue weighted by Gasteiger charge is 2.24. The van der Waals surface area contributed by atoms with E-state index in [0.717, 1.165) is 36.7 Å². The number of carbonyl (C=O) groups excluding carboxylic acids is 2.